The summed E-state index contributed by atoms with van der Waals surface area (Å²) >= 11 is 1.83. The maximum Gasteiger partial charge on any atom is 0.165 e. The molecule has 8 aromatic carbocycles. The third kappa shape index (κ3) is 3.89. The largest absolute Gasteiger partial charge is 0.308 e. The average Bonchev–Trinajstić information content (AvgIpc) is 3.87. The molecule has 0 amide bonds. The second-order valence-electron chi connectivity index (χ2n) is 14.5. The van der Waals surface area contributed by atoms with E-state index >= 15 is 0 Å². The summed E-state index contributed by atoms with van der Waals surface area (Å²) in [5.74, 6) is 0.830. The molecule has 0 atom stereocenters. The number of rotatable bonds is 2. The lowest BCUT2D eigenvalue weighted by atomic mass is 9.94. The number of nitrogens with zero attached hydrogens (tertiary/aromatic N) is 4. The van der Waals surface area contributed by atoms with Gasteiger partial charge in [-0.05, 0) is 59.7 Å². The van der Waals surface area contributed by atoms with Gasteiger partial charge in [-0.2, -0.15) is 0 Å². The Bertz CT molecular complexity index is 3620. The van der Waals surface area contributed by atoms with Crippen molar-refractivity contribution in [2.24, 2.45) is 0 Å². The standard InChI is InChI=1S/C50H28N4S/c1-2-14-30-29(13-1)31-15-3-8-23-41(31)53-43-27-37-32-16-4-9-24-42(32)54(44(37)28-38(43)34-19-11-18-33(30)49(34)53)50-48(51-39-21-6-7-22-40(39)52-50)36-20-12-26-46-47(36)35-17-5-10-25-45(35)55-46/h1-28H. The molecule has 4 nitrogen and oxygen atoms in total. The number of hydrogen-bond donors (Lipinski definition) is 0. The number of benzene rings is 8. The Balaban J connectivity index is 1.20. The molecule has 5 heterocycles. The minimum atomic E-state index is 0.830. The number of aromatic nitrogens is 4. The topological polar surface area (TPSA) is 35.6 Å². The fourth-order valence-electron chi connectivity index (χ4n) is 9.37. The summed E-state index contributed by atoms with van der Waals surface area (Å²) in [6, 6.07) is 61.6. The van der Waals surface area contributed by atoms with Crippen LogP contribution in [-0.2, 0) is 0 Å². The second kappa shape index (κ2) is 10.8. The summed E-state index contributed by atoms with van der Waals surface area (Å²) in [6.45, 7) is 0. The van der Waals surface area contributed by atoms with Crippen molar-refractivity contribution in [2.45, 2.75) is 0 Å². The predicted molar refractivity (Wildman–Crippen MR) is 231 cm³/mol. The fraction of sp³-hybridized carbons (Fsp3) is 0. The summed E-state index contributed by atoms with van der Waals surface area (Å²) in [4.78, 5) is 11.0. The normalized spacial score (nSPS) is 12.4. The Hall–Kier alpha value is -7.08. The van der Waals surface area contributed by atoms with Crippen molar-refractivity contribution in [2.75, 3.05) is 0 Å². The molecule has 0 unspecified atom stereocenters. The van der Waals surface area contributed by atoms with Gasteiger partial charge in [0.15, 0.2) is 5.82 Å². The van der Waals surface area contributed by atoms with Crippen LogP contribution in [0.2, 0.25) is 0 Å². The van der Waals surface area contributed by atoms with Crippen LogP contribution in [0.15, 0.2) is 170 Å². The molecule has 0 saturated heterocycles. The molecule has 0 spiro atoms. The van der Waals surface area contributed by atoms with Gasteiger partial charge in [0.25, 0.3) is 0 Å². The number of hydrogen-bond acceptors (Lipinski definition) is 3. The van der Waals surface area contributed by atoms with Crippen molar-refractivity contribution in [3.8, 4) is 45.0 Å². The van der Waals surface area contributed by atoms with Gasteiger partial charge in [0.2, 0.25) is 0 Å². The van der Waals surface area contributed by atoms with E-state index in [1.165, 1.54) is 80.7 Å². The molecule has 4 aromatic heterocycles. The van der Waals surface area contributed by atoms with Crippen molar-refractivity contribution in [3.05, 3.63) is 170 Å². The van der Waals surface area contributed by atoms with Gasteiger partial charge in [-0.3, -0.25) is 4.57 Å². The number of thiophene rings is 1. The van der Waals surface area contributed by atoms with Crippen LogP contribution in [0.5, 0.6) is 0 Å². The summed E-state index contributed by atoms with van der Waals surface area (Å²) < 4.78 is 7.39. The molecule has 1 aliphatic heterocycles. The molecule has 13 rings (SSSR count). The van der Waals surface area contributed by atoms with Gasteiger partial charge < -0.3 is 4.57 Å². The van der Waals surface area contributed by atoms with E-state index in [1.807, 2.05) is 17.4 Å². The maximum atomic E-state index is 5.52. The molecule has 0 radical (unpaired) electrons. The van der Waals surface area contributed by atoms with Crippen LogP contribution >= 0.6 is 11.3 Å². The maximum absolute atomic E-state index is 5.52. The van der Waals surface area contributed by atoms with E-state index in [-0.39, 0.29) is 0 Å². The highest BCUT2D eigenvalue weighted by atomic mass is 32.1. The minimum Gasteiger partial charge on any atom is -0.308 e. The van der Waals surface area contributed by atoms with Gasteiger partial charge in [-0.1, -0.05) is 121 Å². The Kier molecular flexibility index (Phi) is 5.74. The first-order valence-electron chi connectivity index (χ1n) is 18.7. The number of fused-ring (bicyclic) bond motifs is 15. The van der Waals surface area contributed by atoms with E-state index in [9.17, 15) is 0 Å². The van der Waals surface area contributed by atoms with Gasteiger partial charge in [0, 0.05) is 58.4 Å². The van der Waals surface area contributed by atoms with E-state index in [0.717, 1.165) is 39.1 Å². The van der Waals surface area contributed by atoms with Gasteiger partial charge in [-0.15, -0.1) is 11.3 Å². The molecule has 1 aliphatic rings. The van der Waals surface area contributed by atoms with Crippen LogP contribution in [0.3, 0.4) is 0 Å². The lowest BCUT2D eigenvalue weighted by Crippen LogP contribution is -2.04. The third-order valence-corrected chi connectivity index (χ3v) is 12.8. The van der Waals surface area contributed by atoms with Crippen LogP contribution in [0, 0.1) is 0 Å². The Labute approximate surface area is 318 Å². The highest BCUT2D eigenvalue weighted by Gasteiger charge is 2.27. The summed E-state index contributed by atoms with van der Waals surface area (Å²) in [7, 11) is 0. The van der Waals surface area contributed by atoms with E-state index in [4.69, 9.17) is 9.97 Å². The SMILES string of the molecule is c1ccc2c(c1)-c1ccccc1-n1c3cc4c5ccccc5n(-c5nc6ccccc6nc5-c5cccc6sc7ccccc7c56)c4cc3c3cccc-2c31. The molecule has 254 valence electrons. The van der Waals surface area contributed by atoms with E-state index in [2.05, 4.69) is 173 Å². The molecule has 5 heteroatoms. The van der Waals surface area contributed by atoms with Crippen LogP contribution in [0.25, 0.3) is 120 Å². The molecule has 12 aromatic rings. The van der Waals surface area contributed by atoms with Crippen LogP contribution in [0.4, 0.5) is 0 Å². The quantitative estimate of drug-likeness (QED) is 0.179. The first-order chi connectivity index (χ1) is 27.3. The smallest absolute Gasteiger partial charge is 0.165 e. The van der Waals surface area contributed by atoms with Crippen molar-refractivity contribution >= 4 is 86.2 Å². The van der Waals surface area contributed by atoms with E-state index < -0.39 is 0 Å². The molecular weight excluding hydrogens is 689 g/mol. The van der Waals surface area contributed by atoms with E-state index in [0.29, 0.717) is 0 Å². The van der Waals surface area contributed by atoms with Crippen LogP contribution in [-0.4, -0.2) is 19.1 Å². The van der Waals surface area contributed by atoms with Gasteiger partial charge in [-0.25, -0.2) is 9.97 Å². The van der Waals surface area contributed by atoms with E-state index in [1.54, 1.807) is 0 Å². The molecule has 55 heavy (non-hydrogen) atoms. The number of para-hydroxylation sites is 5. The fourth-order valence-corrected chi connectivity index (χ4v) is 10.5. The molecule has 0 fully saturated rings. The predicted octanol–water partition coefficient (Wildman–Crippen LogP) is 13.5. The zero-order chi connectivity index (χ0) is 35.8. The minimum absolute atomic E-state index is 0.830. The highest BCUT2D eigenvalue weighted by Crippen LogP contribution is 2.49. The Morgan fingerprint density at radius 3 is 1.84 bits per heavy atom. The van der Waals surface area contributed by atoms with Crippen molar-refractivity contribution in [3.63, 3.8) is 0 Å². The molecule has 0 saturated carbocycles. The third-order valence-electron chi connectivity index (χ3n) is 11.7. The summed E-state index contributed by atoms with van der Waals surface area (Å²) in [6.07, 6.45) is 0. The molecule has 0 bridgehead atoms. The molecule has 0 N–H and O–H groups in total. The average molecular weight is 717 g/mol. The van der Waals surface area contributed by atoms with Gasteiger partial charge in [0.1, 0.15) is 5.69 Å². The van der Waals surface area contributed by atoms with Crippen molar-refractivity contribution < 1.29 is 0 Å². The summed E-state index contributed by atoms with van der Waals surface area (Å²) in [5, 5.41) is 7.28. The van der Waals surface area contributed by atoms with Crippen LogP contribution < -0.4 is 0 Å². The Morgan fingerprint density at radius 2 is 0.964 bits per heavy atom. The zero-order valence-corrected chi connectivity index (χ0v) is 30.2. The Morgan fingerprint density at radius 1 is 0.382 bits per heavy atom. The monoisotopic (exact) mass is 716 g/mol. The molecule has 0 aliphatic carbocycles. The van der Waals surface area contributed by atoms with Gasteiger partial charge in [0.05, 0.1) is 38.8 Å². The van der Waals surface area contributed by atoms with Gasteiger partial charge >= 0.3 is 0 Å². The van der Waals surface area contributed by atoms with Crippen molar-refractivity contribution in [1.29, 1.82) is 0 Å². The molecular formula is C50H28N4S. The first kappa shape index (κ1) is 29.4. The second-order valence-corrected chi connectivity index (χ2v) is 15.6. The first-order valence-corrected chi connectivity index (χ1v) is 19.5. The highest BCUT2D eigenvalue weighted by molar-refractivity contribution is 7.25. The summed E-state index contributed by atoms with van der Waals surface area (Å²) in [5.41, 5.74) is 14.6. The van der Waals surface area contributed by atoms with Crippen LogP contribution in [0.1, 0.15) is 0 Å². The lowest BCUT2D eigenvalue weighted by molar-refractivity contribution is 1.08. The van der Waals surface area contributed by atoms with Crippen molar-refractivity contribution in [1.82, 2.24) is 19.1 Å². The lowest BCUT2D eigenvalue weighted by Gasteiger charge is -2.15. The zero-order valence-electron chi connectivity index (χ0n) is 29.4.